The van der Waals surface area contributed by atoms with E-state index in [9.17, 15) is 61.0 Å². The van der Waals surface area contributed by atoms with Gasteiger partial charge in [-0.3, -0.25) is 4.79 Å². The molecule has 0 bridgehead atoms. The predicted octanol–water partition coefficient (Wildman–Crippen LogP) is 7.71. The van der Waals surface area contributed by atoms with Crippen LogP contribution in [-0.4, -0.2) is 193 Å². The van der Waals surface area contributed by atoms with Crippen LogP contribution in [-0.2, 0) is 33.2 Å². The van der Waals surface area contributed by atoms with Crippen LogP contribution in [0.2, 0.25) is 0 Å². The average Bonchev–Trinajstić information content (AvgIpc) is 2.35. The zero-order chi connectivity index (χ0) is 63.3. The van der Waals surface area contributed by atoms with Gasteiger partial charge in [0.1, 0.15) is 73.2 Å². The highest BCUT2D eigenvalue weighted by atomic mass is 16.8. The Morgan fingerprint density at radius 1 is 0.425 bits per heavy atom. The second kappa shape index (κ2) is 49.4. The van der Waals surface area contributed by atoms with Crippen molar-refractivity contribution < 1.29 is 89.4 Å². The average molecular weight is 1230 g/mol. The maximum Gasteiger partial charge on any atom is 0.220 e. The van der Waals surface area contributed by atoms with E-state index in [1.54, 1.807) is 0 Å². The molecule has 19 heteroatoms. The lowest BCUT2D eigenvalue weighted by Gasteiger charge is -2.48. The number of amides is 1. The molecule has 0 aromatic carbocycles. The molecule has 500 valence electrons. The Hall–Kier alpha value is -3.29. The second-order valence-corrected chi connectivity index (χ2v) is 23.2. The zero-order valence-electron chi connectivity index (χ0n) is 52.5. The summed E-state index contributed by atoms with van der Waals surface area (Å²) in [7, 11) is 0. The quantitative estimate of drug-likeness (QED) is 0.0205. The molecule has 0 spiro atoms. The molecule has 0 radical (unpaired) electrons. The number of carbonyl (C=O) groups excluding carboxylic acids is 1. The minimum Gasteiger partial charge on any atom is -0.394 e. The number of allylic oxidation sites excluding steroid dienone is 16. The number of hydrogen-bond donors (Lipinski definition) is 12. The number of hydrogen-bond acceptors (Lipinski definition) is 18. The third-order valence-corrected chi connectivity index (χ3v) is 15.9. The van der Waals surface area contributed by atoms with Crippen LogP contribution in [0, 0.1) is 0 Å². The maximum absolute atomic E-state index is 13.3. The Labute approximate surface area is 520 Å². The van der Waals surface area contributed by atoms with Gasteiger partial charge in [0.15, 0.2) is 18.9 Å². The van der Waals surface area contributed by atoms with E-state index in [4.69, 9.17) is 28.4 Å². The Bertz CT molecular complexity index is 1960. The van der Waals surface area contributed by atoms with Crippen LogP contribution in [0.3, 0.4) is 0 Å². The number of aliphatic hydroxyl groups is 11. The number of rotatable bonds is 48. The molecule has 12 N–H and O–H groups in total. The molecule has 3 saturated heterocycles. The normalized spacial score (nSPS) is 29.2. The molecular weight excluding hydrogens is 1120 g/mol. The third kappa shape index (κ3) is 32.0. The molecule has 0 aliphatic carbocycles. The third-order valence-electron chi connectivity index (χ3n) is 15.9. The summed E-state index contributed by atoms with van der Waals surface area (Å²) >= 11 is 0. The van der Waals surface area contributed by atoms with Crippen molar-refractivity contribution in [2.75, 3.05) is 26.4 Å². The van der Waals surface area contributed by atoms with Gasteiger partial charge in [-0.2, -0.15) is 0 Å². The van der Waals surface area contributed by atoms with E-state index in [2.05, 4.69) is 116 Å². The smallest absolute Gasteiger partial charge is 0.220 e. The van der Waals surface area contributed by atoms with Crippen molar-refractivity contribution in [1.82, 2.24) is 5.32 Å². The predicted molar refractivity (Wildman–Crippen MR) is 337 cm³/mol. The maximum atomic E-state index is 13.3. The van der Waals surface area contributed by atoms with E-state index >= 15 is 0 Å². The van der Waals surface area contributed by atoms with Gasteiger partial charge in [-0.05, 0) is 77.0 Å². The number of carbonyl (C=O) groups is 1. The first-order valence-electron chi connectivity index (χ1n) is 33.0. The fraction of sp³-hybridized carbons (Fsp3) is 0.750. The lowest BCUT2D eigenvalue weighted by atomic mass is 9.96. The van der Waals surface area contributed by atoms with Crippen molar-refractivity contribution in [1.29, 1.82) is 0 Å². The monoisotopic (exact) mass is 1230 g/mol. The molecule has 3 aliphatic rings. The second-order valence-electron chi connectivity index (χ2n) is 23.2. The lowest BCUT2D eigenvalue weighted by molar-refractivity contribution is -0.379. The summed E-state index contributed by atoms with van der Waals surface area (Å²) in [6.45, 7) is 1.59. The summed E-state index contributed by atoms with van der Waals surface area (Å²) in [5.74, 6) is -0.257. The molecule has 0 aromatic heterocycles. The van der Waals surface area contributed by atoms with Crippen LogP contribution in [0.15, 0.2) is 97.2 Å². The van der Waals surface area contributed by atoms with Gasteiger partial charge in [0.25, 0.3) is 0 Å². The van der Waals surface area contributed by atoms with Gasteiger partial charge < -0.3 is 89.9 Å². The van der Waals surface area contributed by atoms with Gasteiger partial charge >= 0.3 is 0 Å². The van der Waals surface area contributed by atoms with Crippen LogP contribution in [0.1, 0.15) is 194 Å². The van der Waals surface area contributed by atoms with Crippen molar-refractivity contribution in [3.05, 3.63) is 97.2 Å². The van der Waals surface area contributed by atoms with Gasteiger partial charge in [-0.1, -0.05) is 207 Å². The molecular formula is C68H115NO18. The zero-order valence-corrected chi connectivity index (χ0v) is 52.5. The number of ether oxygens (including phenoxy) is 6. The van der Waals surface area contributed by atoms with E-state index < -0.39 is 124 Å². The van der Waals surface area contributed by atoms with E-state index in [1.165, 1.54) is 38.5 Å². The SMILES string of the molecule is CC/C=C\C/C=C\C/C=C\C/C=C\C/C=C\C/C=C\C/C=C\C/C=C\CCCCCCCCCCCCC(=O)NC(COC1OC(CO)C(OC2OC(CO)C(OC3OC(CO)C(O)C(O)C3O)C(O)C2O)C(O)C1O)C(O)CCCCCCCCC. The minimum atomic E-state index is -1.97. The summed E-state index contributed by atoms with van der Waals surface area (Å²) in [4.78, 5) is 13.3. The van der Waals surface area contributed by atoms with Crippen LogP contribution in [0.25, 0.3) is 0 Å². The van der Waals surface area contributed by atoms with E-state index in [0.29, 0.717) is 12.8 Å². The molecule has 17 unspecified atom stereocenters. The summed E-state index contributed by atoms with van der Waals surface area (Å²) in [6.07, 6.45) is 36.9. The van der Waals surface area contributed by atoms with E-state index in [0.717, 1.165) is 122 Å². The fourth-order valence-electron chi connectivity index (χ4n) is 10.6. The molecule has 87 heavy (non-hydrogen) atoms. The Morgan fingerprint density at radius 3 is 1.24 bits per heavy atom. The van der Waals surface area contributed by atoms with Crippen LogP contribution in [0.5, 0.6) is 0 Å². The summed E-state index contributed by atoms with van der Waals surface area (Å²) < 4.78 is 34.2. The molecule has 3 aliphatic heterocycles. The van der Waals surface area contributed by atoms with Gasteiger partial charge in [0.2, 0.25) is 5.91 Å². The number of aliphatic hydroxyl groups excluding tert-OH is 11. The molecule has 17 atom stereocenters. The first kappa shape index (κ1) is 78.0. The number of unbranched alkanes of at least 4 members (excludes halogenated alkanes) is 16. The van der Waals surface area contributed by atoms with Crippen molar-refractivity contribution in [3.63, 3.8) is 0 Å². The molecule has 1 amide bonds. The van der Waals surface area contributed by atoms with Crippen molar-refractivity contribution >= 4 is 5.91 Å². The lowest BCUT2D eigenvalue weighted by Crippen LogP contribution is -2.66. The highest BCUT2D eigenvalue weighted by molar-refractivity contribution is 5.76. The molecule has 3 heterocycles. The fourth-order valence-corrected chi connectivity index (χ4v) is 10.6. The summed E-state index contributed by atoms with van der Waals surface area (Å²) in [5.41, 5.74) is 0. The standard InChI is InChI=1S/C68H115NO18/c1-3-5-7-9-11-12-13-14-15-16-17-18-19-20-21-22-23-24-25-26-27-28-29-30-31-32-33-34-35-36-37-38-40-42-44-46-56(74)69-51(52(73)45-43-41-39-10-8-6-4-2)50-82-66-62(80)59(77)64(54(48-71)84-66)87-68-63(81)60(78)65(55(49-72)85-68)86-67-61(79)58(76)57(75)53(47-70)83-67/h5,7,11-12,14-15,17-18,20-21,23-24,26-27,29-30,51-55,57-68,70-73,75-81H,3-4,6,8-10,13,16,19,22,25,28,31-50H2,1-2H3,(H,69,74)/b7-5-,12-11-,15-14-,18-17-,21-20-,24-23-,27-26-,30-29-. The summed E-state index contributed by atoms with van der Waals surface area (Å²) in [6, 6.07) is -0.892. The van der Waals surface area contributed by atoms with Crippen LogP contribution >= 0.6 is 0 Å². The van der Waals surface area contributed by atoms with Gasteiger partial charge in [-0.25, -0.2) is 0 Å². The van der Waals surface area contributed by atoms with Gasteiger partial charge in [0, 0.05) is 6.42 Å². The molecule has 0 saturated carbocycles. The minimum absolute atomic E-state index is 0.254. The first-order valence-corrected chi connectivity index (χ1v) is 33.0. The van der Waals surface area contributed by atoms with Gasteiger partial charge in [-0.15, -0.1) is 0 Å². The Balaban J connectivity index is 1.32. The Morgan fingerprint density at radius 2 is 0.793 bits per heavy atom. The van der Waals surface area contributed by atoms with E-state index in [-0.39, 0.29) is 18.9 Å². The van der Waals surface area contributed by atoms with Gasteiger partial charge in [0.05, 0.1) is 38.6 Å². The highest BCUT2D eigenvalue weighted by Crippen LogP contribution is 2.33. The molecule has 3 rings (SSSR count). The Kier molecular flexibility index (Phi) is 44.3. The largest absolute Gasteiger partial charge is 0.394 e. The molecule has 3 fully saturated rings. The topological polar surface area (TPSA) is 307 Å². The van der Waals surface area contributed by atoms with E-state index in [1.807, 2.05) is 0 Å². The van der Waals surface area contributed by atoms with Crippen molar-refractivity contribution in [3.8, 4) is 0 Å². The highest BCUT2D eigenvalue weighted by Gasteiger charge is 2.53. The molecule has 0 aromatic rings. The van der Waals surface area contributed by atoms with Crippen molar-refractivity contribution in [2.45, 2.75) is 298 Å². The molecule has 19 nitrogen and oxygen atoms in total. The van der Waals surface area contributed by atoms with Crippen LogP contribution in [0.4, 0.5) is 0 Å². The van der Waals surface area contributed by atoms with Crippen LogP contribution < -0.4 is 5.32 Å². The summed E-state index contributed by atoms with van der Waals surface area (Å²) in [5, 5.41) is 120. The number of nitrogens with one attached hydrogen (secondary N) is 1. The first-order chi connectivity index (χ1) is 42.3. The van der Waals surface area contributed by atoms with Crippen molar-refractivity contribution in [2.24, 2.45) is 0 Å².